The van der Waals surface area contributed by atoms with Crippen LogP contribution in [0.1, 0.15) is 94.6 Å². The molecular formula is C35H44N6O5. The highest BCUT2D eigenvalue weighted by Crippen LogP contribution is 2.33. The predicted octanol–water partition coefficient (Wildman–Crippen LogP) is 4.71. The van der Waals surface area contributed by atoms with Gasteiger partial charge in [-0.2, -0.15) is 10.1 Å². The lowest BCUT2D eigenvalue weighted by Crippen LogP contribution is -2.40. The number of rotatable bonds is 11. The van der Waals surface area contributed by atoms with E-state index in [0.29, 0.717) is 18.0 Å². The molecule has 1 fully saturated rings. The Kier molecular flexibility index (Phi) is 9.37. The van der Waals surface area contributed by atoms with Crippen LogP contribution >= 0.6 is 0 Å². The maximum Gasteiger partial charge on any atom is 0.280 e. The Balaban J connectivity index is 1.30. The first kappa shape index (κ1) is 32.1. The van der Waals surface area contributed by atoms with Crippen LogP contribution in [-0.2, 0) is 22.4 Å². The number of nitrogens with one attached hydrogen (secondary N) is 1. The van der Waals surface area contributed by atoms with Gasteiger partial charge < -0.3 is 14.9 Å². The summed E-state index contributed by atoms with van der Waals surface area (Å²) in [5.41, 5.74) is 7.24. The summed E-state index contributed by atoms with van der Waals surface area (Å²) in [6.45, 7) is 7.59. The maximum absolute atomic E-state index is 14.4. The fraction of sp³-hybridized carbons (Fsp3) is 0.486. The summed E-state index contributed by atoms with van der Waals surface area (Å²) in [5, 5.41) is 24.7. The standard InChI is InChI=1S/C35H44N6O5/c1-5-6-11-30-29(20-23-12-14-24(15-13-23)27-9-7-8-10-28(27)31-38-34(43)46-39-31)32(42)40(33-36-21-37-41(30)33)25-16-18-26(19-17-25)45-22(2)35(3,4)44/h7-10,12-15,21-22,25-26,34,43-44H,5-6,11,16-20H2,1-4H3,(H,38,39). The number of aliphatic hydroxyl groups excluding tert-OH is 1. The lowest BCUT2D eigenvalue weighted by Gasteiger charge is -2.35. The molecule has 2 unspecified atom stereocenters. The monoisotopic (exact) mass is 628 g/mol. The van der Waals surface area contributed by atoms with Gasteiger partial charge in [-0.05, 0) is 76.0 Å². The van der Waals surface area contributed by atoms with E-state index in [4.69, 9.17) is 9.57 Å². The number of hydrogen-bond acceptors (Lipinski definition) is 9. The van der Waals surface area contributed by atoms with Crippen LogP contribution in [0.5, 0.6) is 0 Å². The summed E-state index contributed by atoms with van der Waals surface area (Å²) < 4.78 is 9.94. The van der Waals surface area contributed by atoms with Gasteiger partial charge in [0.2, 0.25) is 5.78 Å². The number of aliphatic hydroxyl groups is 2. The molecule has 11 nitrogen and oxygen atoms in total. The quantitative estimate of drug-likeness (QED) is 0.217. The molecule has 0 bridgehead atoms. The van der Waals surface area contributed by atoms with Gasteiger partial charge in [0.15, 0.2) is 5.84 Å². The SMILES string of the molecule is CCCCc1c(Cc2ccc(-c3ccccc3C3=NC(O)ON3)cc2)c(=O)n(C2CCC(OC(C)C(C)(C)O)CC2)c2ncnn12. The van der Waals surface area contributed by atoms with E-state index in [2.05, 4.69) is 51.7 Å². The van der Waals surface area contributed by atoms with Gasteiger partial charge in [-0.25, -0.2) is 19.8 Å². The molecule has 2 aromatic heterocycles. The minimum Gasteiger partial charge on any atom is -0.388 e. The Labute approximate surface area is 268 Å². The van der Waals surface area contributed by atoms with Gasteiger partial charge in [0.1, 0.15) is 6.33 Å². The molecule has 4 aromatic rings. The van der Waals surface area contributed by atoms with Crippen LogP contribution in [-0.4, -0.2) is 59.4 Å². The van der Waals surface area contributed by atoms with Crippen LogP contribution in [0.25, 0.3) is 16.9 Å². The van der Waals surface area contributed by atoms with Crippen LogP contribution in [0.4, 0.5) is 0 Å². The Morgan fingerprint density at radius 3 is 2.46 bits per heavy atom. The van der Waals surface area contributed by atoms with Gasteiger partial charge in [-0.15, -0.1) is 0 Å². The topological polar surface area (TPSA) is 136 Å². The van der Waals surface area contributed by atoms with Crippen molar-refractivity contribution < 1.29 is 19.8 Å². The Morgan fingerprint density at radius 1 is 1.09 bits per heavy atom. The fourth-order valence-corrected chi connectivity index (χ4v) is 6.42. The second kappa shape index (κ2) is 13.4. The number of hydroxylamine groups is 1. The highest BCUT2D eigenvalue weighted by Gasteiger charge is 2.31. The third-order valence-electron chi connectivity index (χ3n) is 9.32. The number of aromatic nitrogens is 4. The highest BCUT2D eigenvalue weighted by molar-refractivity contribution is 6.04. The van der Waals surface area contributed by atoms with Crippen LogP contribution in [0.3, 0.4) is 0 Å². The molecule has 3 N–H and O–H groups in total. The van der Waals surface area contributed by atoms with Gasteiger partial charge in [0.05, 0.1) is 23.5 Å². The molecule has 1 saturated carbocycles. The van der Waals surface area contributed by atoms with Crippen molar-refractivity contribution in [1.82, 2.24) is 24.6 Å². The molecule has 2 aromatic carbocycles. The zero-order chi connectivity index (χ0) is 32.4. The summed E-state index contributed by atoms with van der Waals surface area (Å²) in [5.74, 6) is 1.07. The second-order valence-corrected chi connectivity index (χ2v) is 13.0. The molecule has 46 heavy (non-hydrogen) atoms. The first-order chi connectivity index (χ1) is 22.1. The van der Waals surface area contributed by atoms with Crippen molar-refractivity contribution in [2.24, 2.45) is 4.99 Å². The number of nitrogens with zero attached hydrogens (tertiary/aromatic N) is 5. The molecule has 0 saturated heterocycles. The number of benzene rings is 2. The third-order valence-corrected chi connectivity index (χ3v) is 9.32. The van der Waals surface area contributed by atoms with E-state index in [0.717, 1.165) is 78.5 Å². The lowest BCUT2D eigenvalue weighted by molar-refractivity contribution is -0.118. The van der Waals surface area contributed by atoms with E-state index in [-0.39, 0.29) is 23.8 Å². The molecular weight excluding hydrogens is 584 g/mol. The maximum atomic E-state index is 14.4. The molecule has 0 amide bonds. The van der Waals surface area contributed by atoms with Crippen molar-refractivity contribution in [3.8, 4) is 11.1 Å². The molecule has 11 heteroatoms. The lowest BCUT2D eigenvalue weighted by atomic mass is 9.91. The summed E-state index contributed by atoms with van der Waals surface area (Å²) in [7, 11) is 0. The zero-order valence-electron chi connectivity index (χ0n) is 27.0. The predicted molar refractivity (Wildman–Crippen MR) is 175 cm³/mol. The molecule has 0 radical (unpaired) electrons. The average Bonchev–Trinajstić information content (AvgIpc) is 3.71. The Morgan fingerprint density at radius 2 is 1.80 bits per heavy atom. The minimum absolute atomic E-state index is 0.000805. The molecule has 1 aliphatic heterocycles. The van der Waals surface area contributed by atoms with Crippen LogP contribution in [0, 0.1) is 0 Å². The van der Waals surface area contributed by atoms with E-state index >= 15 is 0 Å². The number of aryl methyl sites for hydroxylation is 1. The molecule has 6 rings (SSSR count). The van der Waals surface area contributed by atoms with Crippen molar-refractivity contribution in [1.29, 1.82) is 0 Å². The van der Waals surface area contributed by atoms with Crippen LogP contribution in [0.15, 0.2) is 64.6 Å². The van der Waals surface area contributed by atoms with Crippen molar-refractivity contribution in [3.63, 3.8) is 0 Å². The van der Waals surface area contributed by atoms with E-state index in [1.165, 1.54) is 0 Å². The smallest absolute Gasteiger partial charge is 0.280 e. The number of aliphatic imine (C=N–C) groups is 1. The Bertz CT molecular complexity index is 1750. The van der Waals surface area contributed by atoms with Crippen LogP contribution in [0.2, 0.25) is 0 Å². The van der Waals surface area contributed by atoms with Gasteiger partial charge in [-0.3, -0.25) is 9.36 Å². The van der Waals surface area contributed by atoms with Gasteiger partial charge in [0.25, 0.3) is 12.0 Å². The first-order valence-electron chi connectivity index (χ1n) is 16.3. The number of hydrogen-bond donors (Lipinski definition) is 3. The first-order valence-corrected chi connectivity index (χ1v) is 16.3. The van der Waals surface area contributed by atoms with Crippen molar-refractivity contribution in [2.75, 3.05) is 0 Å². The van der Waals surface area contributed by atoms with Crippen LogP contribution < -0.4 is 11.0 Å². The van der Waals surface area contributed by atoms with Gasteiger partial charge in [0, 0.05) is 23.6 Å². The van der Waals surface area contributed by atoms with Crippen molar-refractivity contribution in [2.45, 2.75) is 109 Å². The third kappa shape index (κ3) is 6.64. The molecule has 2 aliphatic rings. The van der Waals surface area contributed by atoms with E-state index in [1.54, 1.807) is 20.2 Å². The van der Waals surface area contributed by atoms with E-state index < -0.39 is 12.0 Å². The summed E-state index contributed by atoms with van der Waals surface area (Å²) in [6.07, 6.45) is 6.43. The normalized spacial score (nSPS) is 20.9. The average molecular weight is 629 g/mol. The van der Waals surface area contributed by atoms with E-state index in [9.17, 15) is 15.0 Å². The summed E-state index contributed by atoms with van der Waals surface area (Å²) in [4.78, 5) is 28.1. The molecule has 244 valence electrons. The second-order valence-electron chi connectivity index (χ2n) is 13.0. The van der Waals surface area contributed by atoms with Crippen molar-refractivity contribution >= 4 is 11.6 Å². The largest absolute Gasteiger partial charge is 0.388 e. The zero-order valence-corrected chi connectivity index (χ0v) is 27.0. The number of amidine groups is 1. The van der Waals surface area contributed by atoms with E-state index in [1.807, 2.05) is 40.3 Å². The fourth-order valence-electron chi connectivity index (χ4n) is 6.42. The Hall–Kier alpha value is -3.90. The minimum atomic E-state index is -1.23. The molecule has 2 atom stereocenters. The number of fused-ring (bicyclic) bond motifs is 1. The summed E-state index contributed by atoms with van der Waals surface area (Å²) >= 11 is 0. The van der Waals surface area contributed by atoms with Gasteiger partial charge >= 0.3 is 0 Å². The molecule has 0 spiro atoms. The summed E-state index contributed by atoms with van der Waals surface area (Å²) in [6, 6.07) is 16.0. The number of ether oxygens (including phenoxy) is 1. The molecule has 3 heterocycles. The number of unbranched alkanes of at least 4 members (excludes halogenated alkanes) is 1. The van der Waals surface area contributed by atoms with Gasteiger partial charge in [-0.1, -0.05) is 61.9 Å². The van der Waals surface area contributed by atoms with Crippen molar-refractivity contribution in [3.05, 3.63) is 87.6 Å². The molecule has 1 aliphatic carbocycles. The highest BCUT2D eigenvalue weighted by atomic mass is 16.7.